The van der Waals surface area contributed by atoms with Crippen molar-refractivity contribution in [1.82, 2.24) is 0 Å². The predicted octanol–water partition coefficient (Wildman–Crippen LogP) is 1.85. The average molecular weight is 189 g/mol. The summed E-state index contributed by atoms with van der Waals surface area (Å²) in [5, 5.41) is 3.31. The molecular weight excluding hydrogens is 179 g/mol. The Hall–Kier alpha value is -0.800. The third-order valence-electron chi connectivity index (χ3n) is 1.34. The standard InChI is InChI=1S/C8H10ClFN2/c9-6-3-7(10)5-8(4-6)12-2-1-11/h3-5,12H,1-2,11H2. The molecule has 0 atom stereocenters. The summed E-state index contributed by atoms with van der Waals surface area (Å²) in [6.45, 7) is 1.12. The van der Waals surface area contributed by atoms with Crippen molar-refractivity contribution < 1.29 is 4.39 Å². The van der Waals surface area contributed by atoms with E-state index in [-0.39, 0.29) is 5.82 Å². The first-order valence-corrected chi connectivity index (χ1v) is 4.00. The van der Waals surface area contributed by atoms with Gasteiger partial charge in [0.15, 0.2) is 0 Å². The molecule has 1 aromatic carbocycles. The van der Waals surface area contributed by atoms with E-state index in [1.807, 2.05) is 0 Å². The van der Waals surface area contributed by atoms with Crippen molar-refractivity contribution in [3.05, 3.63) is 29.0 Å². The van der Waals surface area contributed by atoms with Crippen LogP contribution in [0.1, 0.15) is 0 Å². The van der Waals surface area contributed by atoms with Crippen molar-refractivity contribution >= 4 is 17.3 Å². The Balaban J connectivity index is 2.72. The van der Waals surface area contributed by atoms with Crippen LogP contribution in [0.5, 0.6) is 0 Å². The predicted molar refractivity (Wildman–Crippen MR) is 49.0 cm³/mol. The number of hydrogen-bond acceptors (Lipinski definition) is 2. The Morgan fingerprint density at radius 3 is 2.75 bits per heavy atom. The van der Waals surface area contributed by atoms with Gasteiger partial charge in [0.25, 0.3) is 0 Å². The number of benzene rings is 1. The Morgan fingerprint density at radius 2 is 2.17 bits per heavy atom. The zero-order valence-corrected chi connectivity index (χ0v) is 7.24. The van der Waals surface area contributed by atoms with Gasteiger partial charge in [-0.3, -0.25) is 0 Å². The second-order valence-electron chi connectivity index (χ2n) is 2.37. The highest BCUT2D eigenvalue weighted by Gasteiger charge is 1.97. The lowest BCUT2D eigenvalue weighted by Gasteiger charge is -2.04. The molecule has 1 aromatic rings. The van der Waals surface area contributed by atoms with Crippen LogP contribution in [0, 0.1) is 5.82 Å². The number of nitrogens with two attached hydrogens (primary N) is 1. The molecule has 0 spiro atoms. The van der Waals surface area contributed by atoms with Crippen LogP contribution in [0.15, 0.2) is 18.2 Å². The van der Waals surface area contributed by atoms with Gasteiger partial charge < -0.3 is 11.1 Å². The molecule has 0 heterocycles. The van der Waals surface area contributed by atoms with E-state index in [1.54, 1.807) is 6.07 Å². The maximum absolute atomic E-state index is 12.7. The Kier molecular flexibility index (Phi) is 3.31. The van der Waals surface area contributed by atoms with E-state index in [0.717, 1.165) is 0 Å². The van der Waals surface area contributed by atoms with Crippen molar-refractivity contribution in [2.45, 2.75) is 0 Å². The number of rotatable bonds is 3. The lowest BCUT2D eigenvalue weighted by molar-refractivity contribution is 0.628. The van der Waals surface area contributed by atoms with E-state index >= 15 is 0 Å². The van der Waals surface area contributed by atoms with E-state index in [4.69, 9.17) is 17.3 Å². The monoisotopic (exact) mass is 188 g/mol. The topological polar surface area (TPSA) is 38.0 Å². The fraction of sp³-hybridized carbons (Fsp3) is 0.250. The van der Waals surface area contributed by atoms with Gasteiger partial charge in [-0.05, 0) is 18.2 Å². The number of halogens is 2. The average Bonchev–Trinajstić information content (AvgIpc) is 1.99. The van der Waals surface area contributed by atoms with Crippen molar-refractivity contribution in [2.75, 3.05) is 18.4 Å². The molecule has 0 fully saturated rings. The minimum absolute atomic E-state index is 0.345. The second-order valence-corrected chi connectivity index (χ2v) is 2.81. The first-order chi connectivity index (χ1) is 5.72. The van der Waals surface area contributed by atoms with Crippen LogP contribution in [-0.4, -0.2) is 13.1 Å². The van der Waals surface area contributed by atoms with Crippen LogP contribution in [0.2, 0.25) is 5.02 Å². The summed E-state index contributed by atoms with van der Waals surface area (Å²) in [4.78, 5) is 0. The summed E-state index contributed by atoms with van der Waals surface area (Å²) in [5.41, 5.74) is 5.92. The molecule has 0 aromatic heterocycles. The Bertz CT molecular complexity index is 245. The summed E-state index contributed by atoms with van der Waals surface area (Å²) in [6.07, 6.45) is 0. The lowest BCUT2D eigenvalue weighted by atomic mass is 10.3. The van der Waals surface area contributed by atoms with Gasteiger partial charge in [-0.15, -0.1) is 0 Å². The molecule has 1 rings (SSSR count). The molecule has 0 unspecified atom stereocenters. The number of anilines is 1. The molecule has 0 saturated heterocycles. The van der Waals surface area contributed by atoms with E-state index in [9.17, 15) is 4.39 Å². The summed E-state index contributed by atoms with van der Waals surface area (Å²) < 4.78 is 12.7. The van der Waals surface area contributed by atoms with E-state index in [0.29, 0.717) is 23.8 Å². The van der Waals surface area contributed by atoms with Crippen molar-refractivity contribution in [1.29, 1.82) is 0 Å². The highest BCUT2D eigenvalue weighted by molar-refractivity contribution is 6.30. The smallest absolute Gasteiger partial charge is 0.126 e. The molecule has 2 nitrogen and oxygen atoms in total. The normalized spacial score (nSPS) is 9.92. The van der Waals surface area contributed by atoms with Gasteiger partial charge in [0, 0.05) is 23.8 Å². The molecule has 12 heavy (non-hydrogen) atoms. The Morgan fingerprint density at radius 1 is 1.42 bits per heavy atom. The quantitative estimate of drug-likeness (QED) is 0.760. The first kappa shape index (κ1) is 9.29. The van der Waals surface area contributed by atoms with Crippen molar-refractivity contribution in [3.8, 4) is 0 Å². The molecule has 0 radical (unpaired) electrons. The van der Waals surface area contributed by atoms with Crippen molar-refractivity contribution in [3.63, 3.8) is 0 Å². The van der Waals surface area contributed by atoms with Gasteiger partial charge in [-0.1, -0.05) is 11.6 Å². The van der Waals surface area contributed by atoms with Gasteiger partial charge in [0.1, 0.15) is 5.82 Å². The highest BCUT2D eigenvalue weighted by atomic mass is 35.5. The maximum Gasteiger partial charge on any atom is 0.126 e. The third kappa shape index (κ3) is 2.68. The van der Waals surface area contributed by atoms with E-state index in [2.05, 4.69) is 5.32 Å². The maximum atomic E-state index is 12.7. The molecule has 66 valence electrons. The van der Waals surface area contributed by atoms with E-state index in [1.165, 1.54) is 12.1 Å². The summed E-state index contributed by atoms with van der Waals surface area (Å²) in [7, 11) is 0. The van der Waals surface area contributed by atoms with Crippen LogP contribution < -0.4 is 11.1 Å². The molecule has 0 aliphatic carbocycles. The summed E-state index contributed by atoms with van der Waals surface area (Å²) >= 11 is 5.62. The summed E-state index contributed by atoms with van der Waals surface area (Å²) in [5.74, 6) is -0.345. The number of nitrogens with one attached hydrogen (secondary N) is 1. The fourth-order valence-electron chi connectivity index (χ4n) is 0.872. The molecule has 0 bridgehead atoms. The first-order valence-electron chi connectivity index (χ1n) is 3.62. The second kappa shape index (κ2) is 4.28. The molecule has 3 N–H and O–H groups in total. The van der Waals surface area contributed by atoms with Crippen LogP contribution in [0.25, 0.3) is 0 Å². The van der Waals surface area contributed by atoms with Crippen LogP contribution in [-0.2, 0) is 0 Å². The lowest BCUT2D eigenvalue weighted by Crippen LogP contribution is -2.13. The van der Waals surface area contributed by atoms with Crippen molar-refractivity contribution in [2.24, 2.45) is 5.73 Å². The van der Waals surface area contributed by atoms with Crippen LogP contribution >= 0.6 is 11.6 Å². The van der Waals surface area contributed by atoms with E-state index < -0.39 is 0 Å². The molecule has 0 amide bonds. The third-order valence-corrected chi connectivity index (χ3v) is 1.55. The van der Waals surface area contributed by atoms with Gasteiger partial charge in [-0.25, -0.2) is 4.39 Å². The number of hydrogen-bond donors (Lipinski definition) is 2. The zero-order chi connectivity index (χ0) is 8.97. The minimum Gasteiger partial charge on any atom is -0.384 e. The highest BCUT2D eigenvalue weighted by Crippen LogP contribution is 2.17. The van der Waals surface area contributed by atoms with Gasteiger partial charge in [-0.2, -0.15) is 0 Å². The van der Waals surface area contributed by atoms with Crippen LogP contribution in [0.4, 0.5) is 10.1 Å². The molecule has 4 heteroatoms. The van der Waals surface area contributed by atoms with Crippen LogP contribution in [0.3, 0.4) is 0 Å². The molecule has 0 aliphatic heterocycles. The largest absolute Gasteiger partial charge is 0.384 e. The van der Waals surface area contributed by atoms with Gasteiger partial charge >= 0.3 is 0 Å². The SMILES string of the molecule is NCCNc1cc(F)cc(Cl)c1. The van der Waals surface area contributed by atoms with Gasteiger partial charge in [0.2, 0.25) is 0 Å². The minimum atomic E-state index is -0.345. The fourth-order valence-corrected chi connectivity index (χ4v) is 1.09. The molecular formula is C8H10ClFN2. The summed E-state index contributed by atoms with van der Waals surface area (Å²) in [6, 6.07) is 4.29. The Labute approximate surface area is 75.5 Å². The van der Waals surface area contributed by atoms with Gasteiger partial charge in [0.05, 0.1) is 0 Å². The molecule has 0 saturated carbocycles. The molecule has 0 aliphatic rings. The zero-order valence-electron chi connectivity index (χ0n) is 6.48.